The van der Waals surface area contributed by atoms with Crippen LogP contribution in [-0.4, -0.2) is 41.6 Å². The smallest absolute Gasteiger partial charge is 0.335 e. The maximum absolute atomic E-state index is 12.0. The number of aromatic carboxylic acids is 1. The van der Waals surface area contributed by atoms with E-state index < -0.39 is 5.97 Å². The Hall–Kier alpha value is -2.04. The van der Waals surface area contributed by atoms with E-state index in [0.717, 1.165) is 5.56 Å². The first-order valence-corrected chi connectivity index (χ1v) is 7.15. The van der Waals surface area contributed by atoms with Gasteiger partial charge < -0.3 is 15.3 Å². The summed E-state index contributed by atoms with van der Waals surface area (Å²) in [7, 11) is 1.71. The lowest BCUT2D eigenvalue weighted by Crippen LogP contribution is -2.44. The van der Waals surface area contributed by atoms with E-state index in [2.05, 4.69) is 5.32 Å². The molecule has 5 heteroatoms. The van der Waals surface area contributed by atoms with Gasteiger partial charge in [0.15, 0.2) is 0 Å². The van der Waals surface area contributed by atoms with Crippen molar-refractivity contribution < 1.29 is 14.7 Å². The molecule has 0 aliphatic rings. The average molecular weight is 292 g/mol. The van der Waals surface area contributed by atoms with Gasteiger partial charge in [-0.25, -0.2) is 9.59 Å². The SMILES string of the molecule is CC(C)C(C)NC(=O)N(C)CCc1ccccc1C(=O)O. The highest BCUT2D eigenvalue weighted by atomic mass is 16.4. The number of hydrogen-bond donors (Lipinski definition) is 2. The zero-order valence-corrected chi connectivity index (χ0v) is 13.1. The predicted octanol–water partition coefficient (Wildman–Crippen LogP) is 2.61. The third-order valence-electron chi connectivity index (χ3n) is 3.66. The number of carboxylic acids is 1. The number of likely N-dealkylation sites (N-methyl/N-ethyl adjacent to an activating group) is 1. The molecule has 2 amide bonds. The van der Waals surface area contributed by atoms with E-state index in [1.807, 2.05) is 26.8 Å². The van der Waals surface area contributed by atoms with Crippen LogP contribution in [0, 0.1) is 5.92 Å². The molecule has 1 atom stereocenters. The number of rotatable bonds is 6. The molecule has 0 saturated heterocycles. The Morgan fingerprint density at radius 3 is 2.43 bits per heavy atom. The Balaban J connectivity index is 2.59. The maximum atomic E-state index is 12.0. The monoisotopic (exact) mass is 292 g/mol. The van der Waals surface area contributed by atoms with E-state index in [-0.39, 0.29) is 12.1 Å². The van der Waals surface area contributed by atoms with Gasteiger partial charge >= 0.3 is 12.0 Å². The number of urea groups is 1. The maximum Gasteiger partial charge on any atom is 0.335 e. The Morgan fingerprint density at radius 2 is 1.86 bits per heavy atom. The highest BCUT2D eigenvalue weighted by molar-refractivity contribution is 5.89. The van der Waals surface area contributed by atoms with Gasteiger partial charge in [-0.1, -0.05) is 32.0 Å². The molecule has 5 nitrogen and oxygen atoms in total. The topological polar surface area (TPSA) is 69.6 Å². The molecule has 0 spiro atoms. The summed E-state index contributed by atoms with van der Waals surface area (Å²) in [5.41, 5.74) is 1.03. The summed E-state index contributed by atoms with van der Waals surface area (Å²) in [5, 5.41) is 12.1. The lowest BCUT2D eigenvalue weighted by atomic mass is 10.0. The van der Waals surface area contributed by atoms with E-state index >= 15 is 0 Å². The van der Waals surface area contributed by atoms with Crippen molar-refractivity contribution in [2.45, 2.75) is 33.2 Å². The fourth-order valence-electron chi connectivity index (χ4n) is 1.81. The van der Waals surface area contributed by atoms with Crippen molar-refractivity contribution in [2.24, 2.45) is 5.92 Å². The highest BCUT2D eigenvalue weighted by Gasteiger charge is 2.15. The number of hydrogen-bond acceptors (Lipinski definition) is 2. The fraction of sp³-hybridized carbons (Fsp3) is 0.500. The van der Waals surface area contributed by atoms with Crippen LogP contribution in [0.15, 0.2) is 24.3 Å². The van der Waals surface area contributed by atoms with Crippen LogP contribution >= 0.6 is 0 Å². The lowest BCUT2D eigenvalue weighted by molar-refractivity contribution is 0.0695. The van der Waals surface area contributed by atoms with Gasteiger partial charge in [0.25, 0.3) is 0 Å². The first kappa shape index (κ1) is 17.0. The number of nitrogens with one attached hydrogen (secondary N) is 1. The van der Waals surface area contributed by atoms with Crippen LogP contribution in [-0.2, 0) is 6.42 Å². The standard InChI is InChI=1S/C16H24N2O3/c1-11(2)12(3)17-16(21)18(4)10-9-13-7-5-6-8-14(13)15(19)20/h5-8,11-12H,9-10H2,1-4H3,(H,17,21)(H,19,20). The average Bonchev–Trinajstić information content (AvgIpc) is 2.44. The normalized spacial score (nSPS) is 12.0. The number of nitrogens with zero attached hydrogens (tertiary/aromatic N) is 1. The van der Waals surface area contributed by atoms with E-state index in [1.165, 1.54) is 0 Å². The molecule has 0 aliphatic heterocycles. The predicted molar refractivity (Wildman–Crippen MR) is 82.6 cm³/mol. The van der Waals surface area contributed by atoms with Crippen molar-refractivity contribution in [2.75, 3.05) is 13.6 Å². The second-order valence-electron chi connectivity index (χ2n) is 5.62. The van der Waals surface area contributed by atoms with Gasteiger partial charge in [-0.2, -0.15) is 0 Å². The lowest BCUT2D eigenvalue weighted by Gasteiger charge is -2.23. The largest absolute Gasteiger partial charge is 0.478 e. The summed E-state index contributed by atoms with van der Waals surface area (Å²) >= 11 is 0. The Kier molecular flexibility index (Phi) is 6.21. The Bertz CT molecular complexity index is 500. The molecule has 0 saturated carbocycles. The molecule has 2 N–H and O–H groups in total. The molecule has 116 valence electrons. The van der Waals surface area contributed by atoms with E-state index in [4.69, 9.17) is 5.11 Å². The van der Waals surface area contributed by atoms with E-state index in [9.17, 15) is 9.59 Å². The third-order valence-corrected chi connectivity index (χ3v) is 3.66. The van der Waals surface area contributed by atoms with E-state index in [0.29, 0.717) is 24.4 Å². The molecule has 0 aliphatic carbocycles. The molecule has 1 aromatic carbocycles. The summed E-state index contributed by atoms with van der Waals surface area (Å²) in [6, 6.07) is 6.84. The summed E-state index contributed by atoms with van der Waals surface area (Å²) in [5.74, 6) is -0.568. The number of carboxylic acid groups (broad SMARTS) is 1. The van der Waals surface area contributed by atoms with Crippen LogP contribution in [0.5, 0.6) is 0 Å². The summed E-state index contributed by atoms with van der Waals surface area (Å²) < 4.78 is 0. The number of amides is 2. The van der Waals surface area contributed by atoms with Crippen molar-refractivity contribution in [3.8, 4) is 0 Å². The minimum Gasteiger partial charge on any atom is -0.478 e. The second kappa shape index (κ2) is 7.67. The van der Waals surface area contributed by atoms with Crippen LogP contribution in [0.3, 0.4) is 0 Å². The molecular formula is C16H24N2O3. The van der Waals surface area contributed by atoms with Gasteiger partial charge in [0.2, 0.25) is 0 Å². The summed E-state index contributed by atoms with van der Waals surface area (Å²) in [6.45, 7) is 6.54. The van der Waals surface area contributed by atoms with Gasteiger partial charge in [-0.3, -0.25) is 0 Å². The van der Waals surface area contributed by atoms with Crippen molar-refractivity contribution in [1.82, 2.24) is 10.2 Å². The number of carbonyl (C=O) groups is 2. The first-order valence-electron chi connectivity index (χ1n) is 7.15. The molecule has 0 radical (unpaired) electrons. The molecule has 21 heavy (non-hydrogen) atoms. The molecule has 1 unspecified atom stereocenters. The molecule has 0 heterocycles. The molecule has 1 aromatic rings. The number of benzene rings is 1. The van der Waals surface area contributed by atoms with Gasteiger partial charge in [0.05, 0.1) is 5.56 Å². The van der Waals surface area contributed by atoms with Crippen LogP contribution in [0.4, 0.5) is 4.79 Å². The fourth-order valence-corrected chi connectivity index (χ4v) is 1.81. The zero-order chi connectivity index (χ0) is 16.0. The van der Waals surface area contributed by atoms with Gasteiger partial charge in [0.1, 0.15) is 0 Å². The van der Waals surface area contributed by atoms with Crippen LogP contribution < -0.4 is 5.32 Å². The third kappa shape index (κ3) is 5.10. The summed E-state index contributed by atoms with van der Waals surface area (Å²) in [4.78, 5) is 24.7. The molecule has 1 rings (SSSR count). The van der Waals surface area contributed by atoms with Crippen molar-refractivity contribution in [3.05, 3.63) is 35.4 Å². The van der Waals surface area contributed by atoms with Crippen LogP contribution in [0.25, 0.3) is 0 Å². The first-order chi connectivity index (χ1) is 9.82. The molecule has 0 aromatic heterocycles. The Labute approximate surface area is 126 Å². The Morgan fingerprint density at radius 1 is 1.24 bits per heavy atom. The minimum atomic E-state index is -0.939. The van der Waals surface area contributed by atoms with Crippen molar-refractivity contribution >= 4 is 12.0 Å². The number of carbonyl (C=O) groups excluding carboxylic acids is 1. The molecule has 0 bridgehead atoms. The van der Waals surface area contributed by atoms with Gasteiger partial charge in [0, 0.05) is 19.6 Å². The van der Waals surface area contributed by atoms with E-state index in [1.54, 1.807) is 30.1 Å². The quantitative estimate of drug-likeness (QED) is 0.846. The highest BCUT2D eigenvalue weighted by Crippen LogP contribution is 2.10. The van der Waals surface area contributed by atoms with Crippen LogP contribution in [0.1, 0.15) is 36.7 Å². The second-order valence-corrected chi connectivity index (χ2v) is 5.62. The molecular weight excluding hydrogens is 268 g/mol. The van der Waals surface area contributed by atoms with Crippen molar-refractivity contribution in [3.63, 3.8) is 0 Å². The van der Waals surface area contributed by atoms with Gasteiger partial charge in [-0.05, 0) is 30.9 Å². The zero-order valence-electron chi connectivity index (χ0n) is 13.1. The van der Waals surface area contributed by atoms with Crippen LogP contribution in [0.2, 0.25) is 0 Å². The molecule has 0 fully saturated rings. The minimum absolute atomic E-state index is 0.103. The van der Waals surface area contributed by atoms with Gasteiger partial charge in [-0.15, -0.1) is 0 Å². The van der Waals surface area contributed by atoms with Crippen molar-refractivity contribution in [1.29, 1.82) is 0 Å². The summed E-state index contributed by atoms with van der Waals surface area (Å²) in [6.07, 6.45) is 0.516.